The number of rotatable bonds is 3. The number of halogens is 1. The van der Waals surface area contributed by atoms with E-state index in [1.807, 2.05) is 0 Å². The van der Waals surface area contributed by atoms with E-state index in [9.17, 15) is 14.6 Å². The molecule has 0 aromatic heterocycles. The van der Waals surface area contributed by atoms with Crippen molar-refractivity contribution in [3.05, 3.63) is 34.4 Å². The van der Waals surface area contributed by atoms with Gasteiger partial charge in [-0.15, -0.1) is 0 Å². The van der Waals surface area contributed by atoms with Crippen molar-refractivity contribution in [2.45, 2.75) is 0 Å². The molecule has 0 saturated carbocycles. The van der Waals surface area contributed by atoms with Gasteiger partial charge in [0.2, 0.25) is 0 Å². The van der Waals surface area contributed by atoms with E-state index in [-0.39, 0.29) is 11.2 Å². The van der Waals surface area contributed by atoms with Gasteiger partial charge in [-0.3, -0.25) is 10.1 Å². The second-order valence-corrected chi connectivity index (χ2v) is 2.26. The van der Waals surface area contributed by atoms with Crippen LogP contribution in [-0.2, 0) is 4.86 Å². The maximum Gasteiger partial charge on any atom is 0.536 e. The van der Waals surface area contributed by atoms with Crippen LogP contribution < -0.4 is 5.46 Å². The van der Waals surface area contributed by atoms with Crippen LogP contribution in [0.3, 0.4) is 0 Å². The van der Waals surface area contributed by atoms with Crippen LogP contribution in [0.2, 0.25) is 0 Å². The van der Waals surface area contributed by atoms with E-state index < -0.39 is 12.0 Å². The molecule has 0 fully saturated rings. The summed E-state index contributed by atoms with van der Waals surface area (Å²) < 4.78 is 11.5. The van der Waals surface area contributed by atoms with E-state index in [0.717, 1.165) is 6.07 Å². The Kier molecular flexibility index (Phi) is 2.94. The molecule has 0 aliphatic heterocycles. The number of para-hydroxylation sites is 1. The fourth-order valence-corrected chi connectivity index (χ4v) is 0.911. The van der Waals surface area contributed by atoms with Gasteiger partial charge in [-0.2, -0.15) is 0 Å². The Morgan fingerprint density at radius 2 is 2.15 bits per heavy atom. The van der Waals surface area contributed by atoms with Gasteiger partial charge in [-0.1, -0.05) is 22.7 Å². The molecule has 0 atom stereocenters. The molecule has 0 heterocycles. The molecule has 0 aliphatic rings. The van der Waals surface area contributed by atoms with Crippen LogP contribution in [0, 0.1) is 10.1 Å². The highest BCUT2D eigenvalue weighted by Gasteiger charge is 2.26. The average Bonchev–Trinajstić information content (AvgIpc) is 2.16. The van der Waals surface area contributed by atoms with E-state index >= 15 is 0 Å². The van der Waals surface area contributed by atoms with E-state index in [0.29, 0.717) is 0 Å². The molecule has 0 amide bonds. The summed E-state index contributed by atoms with van der Waals surface area (Å²) in [5.41, 5.74) is -0.595. The van der Waals surface area contributed by atoms with Gasteiger partial charge >= 0.3 is 7.12 Å². The summed E-state index contributed by atoms with van der Waals surface area (Å²) in [5.74, 6) is 0. The lowest BCUT2D eigenvalue weighted by atomic mass is 9.79. The van der Waals surface area contributed by atoms with Crippen molar-refractivity contribution in [1.29, 1.82) is 0 Å². The van der Waals surface area contributed by atoms with Gasteiger partial charge in [0, 0.05) is 6.07 Å². The predicted molar refractivity (Wildman–Crippen MR) is 42.9 cm³/mol. The fourth-order valence-electron chi connectivity index (χ4n) is 0.911. The maximum absolute atomic E-state index is 11.5. The van der Waals surface area contributed by atoms with Gasteiger partial charge in [-0.05, 0) is 0 Å². The summed E-state index contributed by atoms with van der Waals surface area (Å²) in [5, 5.41) is 19.2. The van der Waals surface area contributed by atoms with Gasteiger partial charge in [-0.25, -0.2) is 4.86 Å². The SMILES string of the molecule is O=[N+]([O-])c1ccccc1B(O)OF. The molecule has 1 rings (SSSR count). The quantitative estimate of drug-likeness (QED) is 0.414. The molecule has 0 unspecified atom stereocenters. The van der Waals surface area contributed by atoms with Gasteiger partial charge < -0.3 is 5.02 Å². The first-order valence-electron chi connectivity index (χ1n) is 3.35. The Morgan fingerprint density at radius 3 is 2.69 bits per heavy atom. The predicted octanol–water partition coefficient (Wildman–Crippen LogP) is 0.183. The number of hydrogen-bond donors (Lipinski definition) is 1. The summed E-state index contributed by atoms with van der Waals surface area (Å²) in [4.78, 5) is 12.7. The molecule has 0 spiro atoms. The minimum atomic E-state index is -1.92. The molecular formula is C6H5BFNO4. The van der Waals surface area contributed by atoms with Gasteiger partial charge in [0.25, 0.3) is 5.69 Å². The zero-order chi connectivity index (χ0) is 9.84. The van der Waals surface area contributed by atoms with E-state index in [1.165, 1.54) is 18.2 Å². The molecule has 0 aliphatic carbocycles. The highest BCUT2D eigenvalue weighted by Crippen LogP contribution is 2.07. The fraction of sp³-hybridized carbons (Fsp3) is 0. The van der Waals surface area contributed by atoms with Gasteiger partial charge in [0.15, 0.2) is 0 Å². The third kappa shape index (κ3) is 2.01. The van der Waals surface area contributed by atoms with Crippen molar-refractivity contribution in [2.75, 3.05) is 0 Å². The first-order chi connectivity index (χ1) is 6.16. The van der Waals surface area contributed by atoms with Crippen molar-refractivity contribution in [3.63, 3.8) is 0 Å². The van der Waals surface area contributed by atoms with Crippen LogP contribution in [0.5, 0.6) is 0 Å². The summed E-state index contributed by atoms with van der Waals surface area (Å²) in [6.45, 7) is 0. The number of nitro benzene ring substituents is 1. The Labute approximate surface area is 73.0 Å². The van der Waals surface area contributed by atoms with Crippen LogP contribution in [0.4, 0.5) is 10.2 Å². The van der Waals surface area contributed by atoms with Crippen LogP contribution in [-0.4, -0.2) is 17.1 Å². The number of nitrogens with zero attached hydrogens (tertiary/aromatic N) is 1. The van der Waals surface area contributed by atoms with E-state index in [1.54, 1.807) is 0 Å². The summed E-state index contributed by atoms with van der Waals surface area (Å²) in [6, 6.07) is 5.21. The topological polar surface area (TPSA) is 72.6 Å². The molecule has 0 radical (unpaired) electrons. The second-order valence-electron chi connectivity index (χ2n) is 2.26. The Hall–Kier alpha value is -1.47. The van der Waals surface area contributed by atoms with Crippen molar-refractivity contribution in [2.24, 2.45) is 0 Å². The molecular weight excluding hydrogens is 180 g/mol. The standard InChI is InChI=1S/C6H5BFNO4/c8-13-7(10)5-3-1-2-4-6(5)9(11)12/h1-4,10H. The summed E-state index contributed by atoms with van der Waals surface area (Å²) in [7, 11) is -1.92. The third-order valence-electron chi connectivity index (χ3n) is 1.48. The van der Waals surface area contributed by atoms with Crippen molar-refractivity contribution in [3.8, 4) is 0 Å². The van der Waals surface area contributed by atoms with E-state index in [2.05, 4.69) is 4.86 Å². The third-order valence-corrected chi connectivity index (χ3v) is 1.48. The van der Waals surface area contributed by atoms with Crippen molar-refractivity contribution < 1.29 is 19.3 Å². The van der Waals surface area contributed by atoms with Gasteiger partial charge in [0.1, 0.15) is 0 Å². The molecule has 7 heteroatoms. The van der Waals surface area contributed by atoms with E-state index in [4.69, 9.17) is 5.02 Å². The van der Waals surface area contributed by atoms with Crippen LogP contribution in [0.15, 0.2) is 24.3 Å². The Bertz CT molecular complexity index is 321. The van der Waals surface area contributed by atoms with Crippen LogP contribution >= 0.6 is 0 Å². The molecule has 13 heavy (non-hydrogen) atoms. The molecule has 68 valence electrons. The van der Waals surface area contributed by atoms with Crippen LogP contribution in [0.1, 0.15) is 0 Å². The second kappa shape index (κ2) is 3.97. The van der Waals surface area contributed by atoms with Crippen molar-refractivity contribution in [1.82, 2.24) is 0 Å². The first kappa shape index (κ1) is 9.62. The molecule has 1 N–H and O–H groups in total. The molecule has 0 bridgehead atoms. The zero-order valence-electron chi connectivity index (χ0n) is 6.38. The monoisotopic (exact) mass is 185 g/mol. The average molecular weight is 185 g/mol. The maximum atomic E-state index is 11.5. The molecule has 0 saturated heterocycles. The smallest absolute Gasteiger partial charge is 0.421 e. The highest BCUT2D eigenvalue weighted by molar-refractivity contribution is 6.61. The lowest BCUT2D eigenvalue weighted by molar-refractivity contribution is -0.383. The zero-order valence-corrected chi connectivity index (χ0v) is 6.38. The Morgan fingerprint density at radius 1 is 1.54 bits per heavy atom. The summed E-state index contributed by atoms with van der Waals surface area (Å²) in [6.07, 6.45) is 0. The molecule has 1 aromatic rings. The summed E-state index contributed by atoms with van der Waals surface area (Å²) >= 11 is 0. The Balaban J connectivity index is 3.11. The number of hydrogen-bond acceptors (Lipinski definition) is 4. The molecule has 5 nitrogen and oxygen atoms in total. The minimum absolute atomic E-state index is 0.213. The molecule has 1 aromatic carbocycles. The van der Waals surface area contributed by atoms with Crippen LogP contribution in [0.25, 0.3) is 0 Å². The lowest BCUT2D eigenvalue weighted by Crippen LogP contribution is -2.32. The first-order valence-corrected chi connectivity index (χ1v) is 3.35. The lowest BCUT2D eigenvalue weighted by Gasteiger charge is -2.00. The number of nitro groups is 1. The number of benzene rings is 1. The normalized spacial score (nSPS) is 9.69. The van der Waals surface area contributed by atoms with Crippen molar-refractivity contribution >= 4 is 18.3 Å². The minimum Gasteiger partial charge on any atom is -0.421 e. The highest BCUT2D eigenvalue weighted by atomic mass is 19.3. The largest absolute Gasteiger partial charge is 0.536 e. The van der Waals surface area contributed by atoms with Gasteiger partial charge in [0.05, 0.1) is 10.4 Å².